The summed E-state index contributed by atoms with van der Waals surface area (Å²) in [6, 6.07) is 10.4. The number of hydrogen-bond donors (Lipinski definition) is 0. The van der Waals surface area contributed by atoms with Crippen LogP contribution < -0.4 is 0 Å². The molecule has 2 heterocycles. The van der Waals surface area contributed by atoms with Crippen molar-refractivity contribution in [3.05, 3.63) is 46.4 Å². The number of halogens is 1. The van der Waals surface area contributed by atoms with Gasteiger partial charge in [0.25, 0.3) is 0 Å². The van der Waals surface area contributed by atoms with Gasteiger partial charge in [-0.05, 0) is 28.2 Å². The van der Waals surface area contributed by atoms with E-state index in [4.69, 9.17) is 0 Å². The lowest BCUT2D eigenvalue weighted by molar-refractivity contribution is 1.19. The largest absolute Gasteiger partial charge is 0.285 e. The number of imidazole rings is 1. The van der Waals surface area contributed by atoms with E-state index in [1.54, 1.807) is 11.3 Å². The van der Waals surface area contributed by atoms with Crippen LogP contribution in [0.5, 0.6) is 0 Å². The summed E-state index contributed by atoms with van der Waals surface area (Å²) in [6.07, 6.45) is 3.84. The Morgan fingerprint density at radius 3 is 2.73 bits per heavy atom. The number of aromatic nitrogens is 2. The van der Waals surface area contributed by atoms with E-state index in [1.807, 2.05) is 18.5 Å². The molecule has 0 saturated heterocycles. The van der Waals surface area contributed by atoms with Gasteiger partial charge in [-0.3, -0.25) is 4.40 Å². The summed E-state index contributed by atoms with van der Waals surface area (Å²) in [6.45, 7) is 0. The van der Waals surface area contributed by atoms with E-state index in [0.717, 1.165) is 4.96 Å². The van der Waals surface area contributed by atoms with Gasteiger partial charge in [0.15, 0.2) is 4.96 Å². The molecule has 0 fully saturated rings. The Labute approximate surface area is 105 Å². The highest BCUT2D eigenvalue weighted by molar-refractivity contribution is 14.1. The van der Waals surface area contributed by atoms with Crippen molar-refractivity contribution in [2.45, 2.75) is 0 Å². The molecular weight excluding hydrogens is 319 g/mol. The molecule has 0 spiro atoms. The molecule has 3 rings (SSSR count). The Balaban J connectivity index is 2.27. The van der Waals surface area contributed by atoms with E-state index in [1.165, 1.54) is 14.1 Å². The first kappa shape index (κ1) is 9.35. The molecule has 0 saturated carbocycles. The Morgan fingerprint density at radius 1 is 1.20 bits per heavy atom. The van der Waals surface area contributed by atoms with Gasteiger partial charge in [0, 0.05) is 12.4 Å². The summed E-state index contributed by atoms with van der Waals surface area (Å²) in [5.74, 6) is 0. The first-order valence-electron chi connectivity index (χ1n) is 4.53. The van der Waals surface area contributed by atoms with Gasteiger partial charge < -0.3 is 0 Å². The predicted octanol–water partition coefficient (Wildman–Crippen LogP) is 3.67. The van der Waals surface area contributed by atoms with E-state index in [9.17, 15) is 0 Å². The van der Waals surface area contributed by atoms with Gasteiger partial charge in [-0.25, -0.2) is 4.98 Å². The molecule has 0 bridgehead atoms. The highest BCUT2D eigenvalue weighted by Crippen LogP contribution is 2.33. The average Bonchev–Trinajstić information content (AvgIpc) is 2.83. The van der Waals surface area contributed by atoms with Crippen molar-refractivity contribution >= 4 is 38.9 Å². The monoisotopic (exact) mass is 326 g/mol. The highest BCUT2D eigenvalue weighted by atomic mass is 127. The van der Waals surface area contributed by atoms with Crippen LogP contribution in [0.15, 0.2) is 42.7 Å². The summed E-state index contributed by atoms with van der Waals surface area (Å²) in [7, 11) is 0. The average molecular weight is 326 g/mol. The highest BCUT2D eigenvalue weighted by Gasteiger charge is 2.10. The summed E-state index contributed by atoms with van der Waals surface area (Å²) < 4.78 is 3.35. The number of fused-ring (bicyclic) bond motifs is 1. The lowest BCUT2D eigenvalue weighted by Gasteiger charge is -1.96. The van der Waals surface area contributed by atoms with Gasteiger partial charge in [-0.15, -0.1) is 0 Å². The molecule has 1 aromatic carbocycles. The molecule has 0 radical (unpaired) electrons. The topological polar surface area (TPSA) is 17.3 Å². The van der Waals surface area contributed by atoms with Crippen LogP contribution in [0.25, 0.3) is 15.4 Å². The number of nitrogens with zero attached hydrogens (tertiary/aromatic N) is 2. The molecule has 15 heavy (non-hydrogen) atoms. The van der Waals surface area contributed by atoms with Crippen LogP contribution in [0.3, 0.4) is 0 Å². The normalized spacial score (nSPS) is 11.0. The predicted molar refractivity (Wildman–Crippen MR) is 71.2 cm³/mol. The lowest BCUT2D eigenvalue weighted by Crippen LogP contribution is -1.82. The molecule has 0 N–H and O–H groups in total. The van der Waals surface area contributed by atoms with E-state index in [0.29, 0.717) is 0 Å². The van der Waals surface area contributed by atoms with Crippen LogP contribution in [0, 0.1) is 3.70 Å². The second-order valence-electron chi connectivity index (χ2n) is 3.17. The smallest absolute Gasteiger partial charge is 0.195 e. The fourth-order valence-corrected chi connectivity index (χ4v) is 3.70. The van der Waals surface area contributed by atoms with Gasteiger partial charge in [0.1, 0.15) is 3.70 Å². The van der Waals surface area contributed by atoms with Crippen molar-refractivity contribution < 1.29 is 0 Å². The summed E-state index contributed by atoms with van der Waals surface area (Å²) >= 11 is 4.10. The summed E-state index contributed by atoms with van der Waals surface area (Å²) in [4.78, 5) is 6.65. The van der Waals surface area contributed by atoms with Crippen molar-refractivity contribution in [3.8, 4) is 10.4 Å². The van der Waals surface area contributed by atoms with Crippen molar-refractivity contribution in [1.82, 2.24) is 9.38 Å². The maximum atomic E-state index is 4.30. The zero-order valence-electron chi connectivity index (χ0n) is 7.72. The van der Waals surface area contributed by atoms with Gasteiger partial charge in [0.05, 0.1) is 4.88 Å². The Bertz CT molecular complexity index is 597. The molecule has 0 amide bonds. The zero-order valence-corrected chi connectivity index (χ0v) is 10.7. The number of rotatable bonds is 1. The molecule has 0 aliphatic carbocycles. The Kier molecular flexibility index (Phi) is 2.25. The molecule has 4 heteroatoms. The molecule has 0 unspecified atom stereocenters. The fraction of sp³-hybridized carbons (Fsp3) is 0. The van der Waals surface area contributed by atoms with Crippen molar-refractivity contribution in [2.75, 3.05) is 0 Å². The molecule has 2 nitrogen and oxygen atoms in total. The van der Waals surface area contributed by atoms with Gasteiger partial charge in [-0.2, -0.15) is 0 Å². The minimum absolute atomic E-state index is 1.05. The van der Waals surface area contributed by atoms with Crippen molar-refractivity contribution in [3.63, 3.8) is 0 Å². The SMILES string of the molecule is Ic1c(-c2ccccc2)sc2nccn12. The van der Waals surface area contributed by atoms with Gasteiger partial charge in [-0.1, -0.05) is 41.7 Å². The first-order chi connectivity index (χ1) is 7.36. The van der Waals surface area contributed by atoms with Crippen LogP contribution in [-0.2, 0) is 0 Å². The Morgan fingerprint density at radius 2 is 2.00 bits per heavy atom. The second kappa shape index (κ2) is 3.61. The van der Waals surface area contributed by atoms with Crippen LogP contribution in [0.2, 0.25) is 0 Å². The zero-order chi connectivity index (χ0) is 10.3. The quantitative estimate of drug-likeness (QED) is 0.624. The van der Waals surface area contributed by atoms with E-state index in [-0.39, 0.29) is 0 Å². The molecule has 0 aliphatic rings. The number of hydrogen-bond acceptors (Lipinski definition) is 2. The first-order valence-corrected chi connectivity index (χ1v) is 6.42. The maximum Gasteiger partial charge on any atom is 0.195 e. The van der Waals surface area contributed by atoms with Gasteiger partial charge in [0.2, 0.25) is 0 Å². The van der Waals surface area contributed by atoms with Gasteiger partial charge >= 0.3 is 0 Å². The van der Waals surface area contributed by atoms with Crippen LogP contribution in [0.1, 0.15) is 0 Å². The van der Waals surface area contributed by atoms with Crippen molar-refractivity contribution in [2.24, 2.45) is 0 Å². The van der Waals surface area contributed by atoms with Crippen LogP contribution >= 0.6 is 33.9 Å². The minimum atomic E-state index is 1.05. The van der Waals surface area contributed by atoms with E-state index in [2.05, 4.69) is 56.2 Å². The maximum absolute atomic E-state index is 4.30. The third-order valence-electron chi connectivity index (χ3n) is 2.23. The second-order valence-corrected chi connectivity index (χ2v) is 5.17. The third kappa shape index (κ3) is 1.48. The van der Waals surface area contributed by atoms with Crippen molar-refractivity contribution in [1.29, 1.82) is 0 Å². The fourth-order valence-electron chi connectivity index (χ4n) is 1.53. The summed E-state index contributed by atoms with van der Waals surface area (Å²) in [5, 5.41) is 0. The molecular formula is C11H7IN2S. The molecule has 0 atom stereocenters. The molecule has 3 aromatic rings. The van der Waals surface area contributed by atoms with E-state index >= 15 is 0 Å². The third-order valence-corrected chi connectivity index (χ3v) is 4.78. The lowest BCUT2D eigenvalue weighted by atomic mass is 10.2. The molecule has 2 aromatic heterocycles. The number of thiazole rings is 1. The standard InChI is InChI=1S/C11H7IN2S/c12-10-9(8-4-2-1-3-5-8)15-11-13-6-7-14(10)11/h1-7H. The van der Waals surface area contributed by atoms with E-state index < -0.39 is 0 Å². The summed E-state index contributed by atoms with van der Waals surface area (Å²) in [5.41, 5.74) is 1.26. The number of benzene rings is 1. The molecule has 74 valence electrons. The minimum Gasteiger partial charge on any atom is -0.285 e. The molecule has 0 aliphatic heterocycles. The van der Waals surface area contributed by atoms with Crippen LogP contribution in [-0.4, -0.2) is 9.38 Å². The van der Waals surface area contributed by atoms with Crippen LogP contribution in [0.4, 0.5) is 0 Å². The Hall–Kier alpha value is -0.880.